The highest BCUT2D eigenvalue weighted by Crippen LogP contribution is 2.23. The summed E-state index contributed by atoms with van der Waals surface area (Å²) in [5, 5.41) is 3.03. The third kappa shape index (κ3) is 7.03. The largest absolute Gasteiger partial charge is 0.354 e. The van der Waals surface area contributed by atoms with Crippen LogP contribution >= 0.6 is 0 Å². The molecule has 3 aromatic rings. The van der Waals surface area contributed by atoms with Crippen LogP contribution in [0.1, 0.15) is 70.0 Å². The lowest BCUT2D eigenvalue weighted by Crippen LogP contribution is -2.50. The van der Waals surface area contributed by atoms with Gasteiger partial charge in [-0.05, 0) is 43.0 Å². The van der Waals surface area contributed by atoms with Gasteiger partial charge in [0.1, 0.15) is 6.04 Å². The summed E-state index contributed by atoms with van der Waals surface area (Å²) in [4.78, 5) is 55.7. The SMILES string of the molecule is CCCCNC(=O)[C@H](Cc1ccccc1)N(Cc1cccc(C)c1)C(=O)CCCN1C(=O)c2ccccc2C1=O. The van der Waals surface area contributed by atoms with Crippen LogP contribution in [0, 0.1) is 6.92 Å². The van der Waals surface area contributed by atoms with Gasteiger partial charge in [-0.3, -0.25) is 24.1 Å². The molecular formula is C33H37N3O4. The first kappa shape index (κ1) is 28.7. The molecule has 0 aliphatic carbocycles. The summed E-state index contributed by atoms with van der Waals surface area (Å²) < 4.78 is 0. The highest BCUT2D eigenvalue weighted by atomic mass is 16.2. The number of nitrogens with zero attached hydrogens (tertiary/aromatic N) is 2. The van der Waals surface area contributed by atoms with E-state index in [0.29, 0.717) is 30.5 Å². The van der Waals surface area contributed by atoms with Gasteiger partial charge in [-0.25, -0.2) is 0 Å². The number of benzene rings is 3. The molecule has 1 atom stereocenters. The summed E-state index contributed by atoms with van der Waals surface area (Å²) in [6, 6.07) is 23.7. The Hall–Kier alpha value is -4.26. The van der Waals surface area contributed by atoms with Crippen molar-refractivity contribution in [2.45, 2.75) is 58.5 Å². The van der Waals surface area contributed by atoms with Crippen molar-refractivity contribution in [3.8, 4) is 0 Å². The monoisotopic (exact) mass is 539 g/mol. The molecule has 1 N–H and O–H groups in total. The number of carbonyl (C=O) groups is 4. The Morgan fingerprint density at radius 2 is 1.50 bits per heavy atom. The van der Waals surface area contributed by atoms with E-state index in [1.165, 1.54) is 4.90 Å². The molecule has 0 spiro atoms. The maximum absolute atomic E-state index is 13.8. The smallest absolute Gasteiger partial charge is 0.261 e. The van der Waals surface area contributed by atoms with Gasteiger partial charge < -0.3 is 10.2 Å². The summed E-state index contributed by atoms with van der Waals surface area (Å²) in [7, 11) is 0. The Balaban J connectivity index is 1.53. The molecule has 1 aliphatic heterocycles. The fourth-order valence-electron chi connectivity index (χ4n) is 5.04. The molecule has 0 saturated carbocycles. The highest BCUT2D eigenvalue weighted by molar-refractivity contribution is 6.21. The van der Waals surface area contributed by atoms with Crippen molar-refractivity contribution >= 4 is 23.6 Å². The maximum Gasteiger partial charge on any atom is 0.261 e. The van der Waals surface area contributed by atoms with Crippen molar-refractivity contribution in [2.75, 3.05) is 13.1 Å². The standard InChI is InChI=1S/C33H37N3O4/c1-3-4-19-34-31(38)29(22-25-13-6-5-7-14-25)36(23-26-15-10-12-24(2)21-26)30(37)18-11-20-35-32(39)27-16-8-9-17-28(27)33(35)40/h5-10,12-17,21,29H,3-4,11,18-20,22-23H2,1-2H3,(H,34,38)/t29-/m0/s1. The molecule has 0 bridgehead atoms. The van der Waals surface area contributed by atoms with Crippen LogP contribution in [0.5, 0.6) is 0 Å². The zero-order valence-corrected chi connectivity index (χ0v) is 23.3. The average molecular weight is 540 g/mol. The average Bonchev–Trinajstić information content (AvgIpc) is 3.20. The third-order valence-corrected chi connectivity index (χ3v) is 7.19. The lowest BCUT2D eigenvalue weighted by atomic mass is 10.0. The van der Waals surface area contributed by atoms with E-state index in [0.717, 1.165) is 29.5 Å². The van der Waals surface area contributed by atoms with E-state index in [1.54, 1.807) is 29.2 Å². The molecular weight excluding hydrogens is 502 g/mol. The fraction of sp³-hybridized carbons (Fsp3) is 0.333. The topological polar surface area (TPSA) is 86.8 Å². The Bertz CT molecular complexity index is 1320. The van der Waals surface area contributed by atoms with Crippen LogP contribution in [-0.2, 0) is 22.6 Å². The first-order valence-electron chi connectivity index (χ1n) is 14.0. The van der Waals surface area contributed by atoms with Gasteiger partial charge in [0.2, 0.25) is 11.8 Å². The number of unbranched alkanes of at least 4 members (excludes halogenated alkanes) is 1. The first-order chi connectivity index (χ1) is 19.4. The van der Waals surface area contributed by atoms with Crippen molar-refractivity contribution in [3.05, 3.63) is 107 Å². The van der Waals surface area contributed by atoms with Crippen LogP contribution in [-0.4, -0.2) is 52.6 Å². The van der Waals surface area contributed by atoms with Gasteiger partial charge in [0.15, 0.2) is 0 Å². The van der Waals surface area contributed by atoms with Crippen molar-refractivity contribution in [3.63, 3.8) is 0 Å². The molecule has 4 amide bonds. The predicted octanol–water partition coefficient (Wildman–Crippen LogP) is 4.93. The van der Waals surface area contributed by atoms with Crippen molar-refractivity contribution < 1.29 is 19.2 Å². The second-order valence-corrected chi connectivity index (χ2v) is 10.3. The summed E-state index contributed by atoms with van der Waals surface area (Å²) in [5.41, 5.74) is 3.76. The second kappa shape index (κ2) is 13.7. The van der Waals surface area contributed by atoms with Gasteiger partial charge in [-0.1, -0.05) is 85.6 Å². The molecule has 0 unspecified atom stereocenters. The third-order valence-electron chi connectivity index (χ3n) is 7.19. The van der Waals surface area contributed by atoms with Gasteiger partial charge in [-0.2, -0.15) is 0 Å². The molecule has 4 rings (SSSR count). The minimum atomic E-state index is -0.702. The molecule has 0 saturated heterocycles. The molecule has 1 heterocycles. The van der Waals surface area contributed by atoms with Crippen LogP contribution < -0.4 is 5.32 Å². The van der Waals surface area contributed by atoms with E-state index >= 15 is 0 Å². The van der Waals surface area contributed by atoms with Crippen LogP contribution in [0.25, 0.3) is 0 Å². The van der Waals surface area contributed by atoms with Crippen LogP contribution in [0.15, 0.2) is 78.9 Å². The molecule has 0 fully saturated rings. The normalized spacial score (nSPS) is 13.2. The van der Waals surface area contributed by atoms with E-state index < -0.39 is 6.04 Å². The van der Waals surface area contributed by atoms with Gasteiger partial charge in [0, 0.05) is 32.5 Å². The molecule has 208 valence electrons. The molecule has 3 aromatic carbocycles. The number of imide groups is 1. The molecule has 0 aromatic heterocycles. The van der Waals surface area contributed by atoms with E-state index in [2.05, 4.69) is 12.2 Å². The zero-order valence-electron chi connectivity index (χ0n) is 23.3. The minimum Gasteiger partial charge on any atom is -0.354 e. The summed E-state index contributed by atoms with van der Waals surface area (Å²) in [6.07, 6.45) is 2.61. The van der Waals surface area contributed by atoms with E-state index in [4.69, 9.17) is 0 Å². The first-order valence-corrected chi connectivity index (χ1v) is 14.0. The number of nitrogens with one attached hydrogen (secondary N) is 1. The number of hydrogen-bond donors (Lipinski definition) is 1. The lowest BCUT2D eigenvalue weighted by Gasteiger charge is -2.32. The number of hydrogen-bond acceptors (Lipinski definition) is 4. The van der Waals surface area contributed by atoms with Crippen LogP contribution in [0.2, 0.25) is 0 Å². The number of carbonyl (C=O) groups excluding carboxylic acids is 4. The summed E-state index contributed by atoms with van der Waals surface area (Å²) >= 11 is 0. The Kier molecular flexibility index (Phi) is 9.84. The van der Waals surface area contributed by atoms with E-state index in [1.807, 2.05) is 61.5 Å². The predicted molar refractivity (Wildman–Crippen MR) is 155 cm³/mol. The van der Waals surface area contributed by atoms with E-state index in [-0.39, 0.29) is 43.1 Å². The molecule has 7 nitrogen and oxygen atoms in total. The van der Waals surface area contributed by atoms with Gasteiger partial charge in [-0.15, -0.1) is 0 Å². The van der Waals surface area contributed by atoms with Gasteiger partial charge in [0.25, 0.3) is 11.8 Å². The Labute approximate surface area is 236 Å². The van der Waals surface area contributed by atoms with Crippen molar-refractivity contribution in [1.82, 2.24) is 15.1 Å². The van der Waals surface area contributed by atoms with Gasteiger partial charge >= 0.3 is 0 Å². The van der Waals surface area contributed by atoms with E-state index in [9.17, 15) is 19.2 Å². The van der Waals surface area contributed by atoms with Crippen molar-refractivity contribution in [1.29, 1.82) is 0 Å². The maximum atomic E-state index is 13.8. The highest BCUT2D eigenvalue weighted by Gasteiger charge is 2.35. The number of aryl methyl sites for hydroxylation is 1. The Morgan fingerprint density at radius 3 is 2.15 bits per heavy atom. The quantitative estimate of drug-likeness (QED) is 0.247. The summed E-state index contributed by atoms with van der Waals surface area (Å²) in [6.45, 7) is 5.04. The van der Waals surface area contributed by atoms with Gasteiger partial charge in [0.05, 0.1) is 11.1 Å². The van der Waals surface area contributed by atoms with Crippen LogP contribution in [0.3, 0.4) is 0 Å². The fourth-order valence-corrected chi connectivity index (χ4v) is 5.04. The van der Waals surface area contributed by atoms with Crippen molar-refractivity contribution in [2.24, 2.45) is 0 Å². The minimum absolute atomic E-state index is 0.104. The zero-order chi connectivity index (χ0) is 28.5. The summed E-state index contributed by atoms with van der Waals surface area (Å²) in [5.74, 6) is -1.04. The van der Waals surface area contributed by atoms with Crippen LogP contribution in [0.4, 0.5) is 0 Å². The number of fused-ring (bicyclic) bond motifs is 1. The molecule has 40 heavy (non-hydrogen) atoms. The molecule has 1 aliphatic rings. The second-order valence-electron chi connectivity index (χ2n) is 10.3. The lowest BCUT2D eigenvalue weighted by molar-refractivity contribution is -0.141. The molecule has 0 radical (unpaired) electrons. The molecule has 7 heteroatoms. The number of amides is 4. The Morgan fingerprint density at radius 1 is 0.850 bits per heavy atom. The number of rotatable bonds is 13.